The first kappa shape index (κ1) is 21.1. The molecule has 1 amide bonds. The average Bonchev–Trinajstić information content (AvgIpc) is 2.61. The number of aromatic hydroxyl groups is 1. The van der Waals surface area contributed by atoms with E-state index in [2.05, 4.69) is 5.10 Å². The number of nitrogens with one attached hydrogen (secondary N) is 1. The van der Waals surface area contributed by atoms with Crippen LogP contribution in [0.2, 0.25) is 0 Å². The van der Waals surface area contributed by atoms with Crippen LogP contribution in [0.1, 0.15) is 27.0 Å². The molecule has 150 valence electrons. The molecule has 11 heteroatoms. The highest BCUT2D eigenvalue weighted by molar-refractivity contribution is 5.95. The number of alkyl halides is 6. The van der Waals surface area contributed by atoms with E-state index in [0.29, 0.717) is 5.75 Å². The number of hydrazone groups is 1. The van der Waals surface area contributed by atoms with E-state index in [1.54, 1.807) is 0 Å². The van der Waals surface area contributed by atoms with Gasteiger partial charge in [-0.3, -0.25) is 4.79 Å². The van der Waals surface area contributed by atoms with Crippen molar-refractivity contribution in [3.63, 3.8) is 0 Å². The van der Waals surface area contributed by atoms with E-state index in [-0.39, 0.29) is 29.5 Å². The Morgan fingerprint density at radius 1 is 1.04 bits per heavy atom. The molecule has 0 unspecified atom stereocenters. The summed E-state index contributed by atoms with van der Waals surface area (Å²) in [7, 11) is 1.37. The van der Waals surface area contributed by atoms with Crippen LogP contribution in [0.3, 0.4) is 0 Å². The van der Waals surface area contributed by atoms with E-state index >= 15 is 0 Å². The molecule has 0 atom stereocenters. The van der Waals surface area contributed by atoms with Crippen molar-refractivity contribution in [2.45, 2.75) is 12.4 Å². The molecule has 0 fully saturated rings. The van der Waals surface area contributed by atoms with Gasteiger partial charge in [-0.2, -0.15) is 31.4 Å². The summed E-state index contributed by atoms with van der Waals surface area (Å²) in [5.74, 6) is -1.22. The lowest BCUT2D eigenvalue weighted by Gasteiger charge is -2.13. The van der Waals surface area contributed by atoms with Gasteiger partial charge in [-0.1, -0.05) is 0 Å². The molecular formula is C17H12F6N2O3. The van der Waals surface area contributed by atoms with Crippen LogP contribution in [0.5, 0.6) is 11.5 Å². The molecule has 2 N–H and O–H groups in total. The van der Waals surface area contributed by atoms with Gasteiger partial charge in [0.1, 0.15) is 11.5 Å². The Labute approximate surface area is 154 Å². The Balaban J connectivity index is 2.26. The number of nitrogens with zero attached hydrogens (tertiary/aromatic N) is 1. The van der Waals surface area contributed by atoms with Gasteiger partial charge in [-0.05, 0) is 30.3 Å². The van der Waals surface area contributed by atoms with Crippen LogP contribution >= 0.6 is 0 Å². The lowest BCUT2D eigenvalue weighted by Crippen LogP contribution is -2.20. The highest BCUT2D eigenvalue weighted by atomic mass is 19.4. The normalized spacial score (nSPS) is 12.2. The van der Waals surface area contributed by atoms with Crippen LogP contribution in [0.25, 0.3) is 0 Å². The van der Waals surface area contributed by atoms with Crippen molar-refractivity contribution < 1.29 is 41.0 Å². The van der Waals surface area contributed by atoms with Gasteiger partial charge in [-0.15, -0.1) is 0 Å². The number of methoxy groups -OCH3 is 1. The minimum Gasteiger partial charge on any atom is -0.507 e. The van der Waals surface area contributed by atoms with Gasteiger partial charge in [0.15, 0.2) is 0 Å². The van der Waals surface area contributed by atoms with Gasteiger partial charge in [0.2, 0.25) is 0 Å². The van der Waals surface area contributed by atoms with E-state index in [0.717, 1.165) is 6.21 Å². The van der Waals surface area contributed by atoms with Gasteiger partial charge in [0.05, 0.1) is 24.5 Å². The first-order chi connectivity index (χ1) is 12.9. The predicted octanol–water partition coefficient (Wildman–Crippen LogP) is 4.20. The predicted molar refractivity (Wildman–Crippen MR) is 86.2 cm³/mol. The molecule has 0 aliphatic carbocycles. The van der Waals surface area contributed by atoms with Crippen LogP contribution < -0.4 is 10.2 Å². The largest absolute Gasteiger partial charge is 0.507 e. The summed E-state index contributed by atoms with van der Waals surface area (Å²) in [6, 6.07) is 4.55. The van der Waals surface area contributed by atoms with Gasteiger partial charge >= 0.3 is 12.4 Å². The quantitative estimate of drug-likeness (QED) is 0.454. The number of ether oxygens (including phenoxy) is 1. The monoisotopic (exact) mass is 406 g/mol. The number of halogens is 6. The highest BCUT2D eigenvalue weighted by Gasteiger charge is 2.37. The maximum atomic E-state index is 12.8. The average molecular weight is 406 g/mol. The molecule has 0 saturated carbocycles. The van der Waals surface area contributed by atoms with Gasteiger partial charge in [0, 0.05) is 17.2 Å². The summed E-state index contributed by atoms with van der Waals surface area (Å²) < 4.78 is 81.7. The SMILES string of the molecule is COc1ccc(C=NNC(=O)c2cc(C(F)(F)F)cc(C(F)(F)F)c2)c(O)c1. The molecule has 2 aromatic rings. The van der Waals surface area contributed by atoms with Crippen molar-refractivity contribution in [3.8, 4) is 11.5 Å². The lowest BCUT2D eigenvalue weighted by atomic mass is 10.0. The maximum Gasteiger partial charge on any atom is 0.416 e. The van der Waals surface area contributed by atoms with Crippen LogP contribution in [0, 0.1) is 0 Å². The second-order valence-electron chi connectivity index (χ2n) is 5.42. The number of hydrogen-bond donors (Lipinski definition) is 2. The number of rotatable bonds is 4. The number of phenolic OH excluding ortho intramolecular Hbond substituents is 1. The van der Waals surface area contributed by atoms with E-state index in [4.69, 9.17) is 4.74 Å². The van der Waals surface area contributed by atoms with Crippen molar-refractivity contribution in [1.82, 2.24) is 5.43 Å². The van der Waals surface area contributed by atoms with E-state index in [1.807, 2.05) is 5.43 Å². The molecule has 2 rings (SSSR count). The molecule has 2 aromatic carbocycles. The summed E-state index contributed by atoms with van der Waals surface area (Å²) in [4.78, 5) is 11.9. The zero-order valence-electron chi connectivity index (χ0n) is 14.0. The van der Waals surface area contributed by atoms with E-state index in [1.165, 1.54) is 25.3 Å². The molecule has 0 spiro atoms. The minimum atomic E-state index is -5.07. The Bertz CT molecular complexity index is 874. The van der Waals surface area contributed by atoms with Crippen LogP contribution in [-0.4, -0.2) is 24.3 Å². The van der Waals surface area contributed by atoms with E-state index in [9.17, 15) is 36.2 Å². The summed E-state index contributed by atoms with van der Waals surface area (Å²) in [5, 5.41) is 13.2. The van der Waals surface area contributed by atoms with Crippen molar-refractivity contribution in [2.24, 2.45) is 5.10 Å². The summed E-state index contributed by atoms with van der Waals surface area (Å²) in [6.07, 6.45) is -9.19. The molecule has 28 heavy (non-hydrogen) atoms. The minimum absolute atomic E-state index is 0.0879. The van der Waals surface area contributed by atoms with E-state index < -0.39 is 35.0 Å². The fourth-order valence-electron chi connectivity index (χ4n) is 2.07. The van der Waals surface area contributed by atoms with Gasteiger partial charge in [-0.25, -0.2) is 5.43 Å². The highest BCUT2D eigenvalue weighted by Crippen LogP contribution is 2.36. The van der Waals surface area contributed by atoms with Crippen LogP contribution in [0.15, 0.2) is 41.5 Å². The topological polar surface area (TPSA) is 70.9 Å². The molecule has 5 nitrogen and oxygen atoms in total. The third-order valence-corrected chi connectivity index (χ3v) is 3.46. The first-order valence-corrected chi connectivity index (χ1v) is 7.41. The summed E-state index contributed by atoms with van der Waals surface area (Å²) in [5.41, 5.74) is -2.18. The van der Waals surface area contributed by atoms with Crippen LogP contribution in [0.4, 0.5) is 26.3 Å². The molecule has 0 aliphatic heterocycles. The number of amides is 1. The third-order valence-electron chi connectivity index (χ3n) is 3.46. The fourth-order valence-corrected chi connectivity index (χ4v) is 2.07. The van der Waals surface area contributed by atoms with Crippen molar-refractivity contribution in [2.75, 3.05) is 7.11 Å². The van der Waals surface area contributed by atoms with Crippen LogP contribution in [-0.2, 0) is 12.4 Å². The Kier molecular flexibility index (Phi) is 5.86. The van der Waals surface area contributed by atoms with Crippen molar-refractivity contribution in [1.29, 1.82) is 0 Å². The number of hydrogen-bond acceptors (Lipinski definition) is 4. The zero-order valence-corrected chi connectivity index (χ0v) is 14.0. The second-order valence-corrected chi connectivity index (χ2v) is 5.42. The molecule has 0 aromatic heterocycles. The number of carbonyl (C=O) groups is 1. The fraction of sp³-hybridized carbons (Fsp3) is 0.176. The Morgan fingerprint density at radius 2 is 1.61 bits per heavy atom. The third kappa shape index (κ3) is 5.15. The van der Waals surface area contributed by atoms with Crippen molar-refractivity contribution >= 4 is 12.1 Å². The van der Waals surface area contributed by atoms with Gasteiger partial charge in [0.25, 0.3) is 5.91 Å². The number of phenols is 1. The summed E-state index contributed by atoms with van der Waals surface area (Å²) >= 11 is 0. The molecule has 0 aliphatic rings. The first-order valence-electron chi connectivity index (χ1n) is 7.41. The second kappa shape index (κ2) is 7.79. The molecule has 0 heterocycles. The maximum absolute atomic E-state index is 12.8. The number of carbonyl (C=O) groups excluding carboxylic acids is 1. The molecular weight excluding hydrogens is 394 g/mol. The van der Waals surface area contributed by atoms with Crippen molar-refractivity contribution in [3.05, 3.63) is 58.7 Å². The number of benzene rings is 2. The molecule has 0 radical (unpaired) electrons. The molecule has 0 bridgehead atoms. The smallest absolute Gasteiger partial charge is 0.416 e. The standard InChI is InChI=1S/C17H12F6N2O3/c1-28-13-3-2-9(14(26)7-13)8-24-25-15(27)10-4-11(16(18,19)20)6-12(5-10)17(21,22)23/h2-8,26H,1H3,(H,25,27). The zero-order chi connectivity index (χ0) is 21.1. The Hall–Kier alpha value is -3.24. The summed E-state index contributed by atoms with van der Waals surface area (Å²) in [6.45, 7) is 0. The lowest BCUT2D eigenvalue weighted by molar-refractivity contribution is -0.143. The molecule has 0 saturated heterocycles. The Morgan fingerprint density at radius 3 is 2.07 bits per heavy atom. The van der Waals surface area contributed by atoms with Gasteiger partial charge < -0.3 is 9.84 Å².